The van der Waals surface area contributed by atoms with E-state index in [9.17, 15) is 0 Å². The first-order chi connectivity index (χ1) is 12.3. The summed E-state index contributed by atoms with van der Waals surface area (Å²) >= 11 is 1.72. The zero-order valence-electron chi connectivity index (χ0n) is 14.4. The van der Waals surface area contributed by atoms with E-state index < -0.39 is 0 Å². The van der Waals surface area contributed by atoms with Gasteiger partial charge < -0.3 is 15.2 Å². The Labute approximate surface area is 151 Å². The van der Waals surface area contributed by atoms with Gasteiger partial charge in [0.15, 0.2) is 11.7 Å². The maximum atomic E-state index is 5.41. The molecule has 0 saturated heterocycles. The molecule has 3 rings (SSSR count). The SMILES string of the molecule is CN=C(NCc1cc(-c2ccccc2)on1)NCC(C)c1ccsc1. The van der Waals surface area contributed by atoms with E-state index >= 15 is 0 Å². The average Bonchev–Trinajstić information content (AvgIpc) is 3.34. The van der Waals surface area contributed by atoms with Gasteiger partial charge in [-0.25, -0.2) is 0 Å². The molecular weight excluding hydrogens is 332 g/mol. The van der Waals surface area contributed by atoms with Gasteiger partial charge in [-0.3, -0.25) is 4.99 Å². The predicted octanol–water partition coefficient (Wildman–Crippen LogP) is 3.87. The maximum Gasteiger partial charge on any atom is 0.191 e. The van der Waals surface area contributed by atoms with Crippen molar-refractivity contribution < 1.29 is 4.52 Å². The second-order valence-electron chi connectivity index (χ2n) is 5.81. The number of nitrogens with zero attached hydrogens (tertiary/aromatic N) is 2. The molecule has 2 N–H and O–H groups in total. The molecule has 0 aliphatic carbocycles. The highest BCUT2D eigenvalue weighted by Crippen LogP contribution is 2.19. The van der Waals surface area contributed by atoms with Crippen LogP contribution in [0.2, 0.25) is 0 Å². The van der Waals surface area contributed by atoms with Crippen LogP contribution in [0.3, 0.4) is 0 Å². The third-order valence-corrected chi connectivity index (χ3v) is 4.67. The largest absolute Gasteiger partial charge is 0.356 e. The lowest BCUT2D eigenvalue weighted by atomic mass is 10.1. The number of hydrogen-bond donors (Lipinski definition) is 2. The van der Waals surface area contributed by atoms with Crippen LogP contribution in [0.4, 0.5) is 0 Å². The summed E-state index contributed by atoms with van der Waals surface area (Å²) in [5, 5.41) is 15.0. The van der Waals surface area contributed by atoms with Crippen LogP contribution in [0, 0.1) is 0 Å². The summed E-state index contributed by atoms with van der Waals surface area (Å²) in [6.45, 7) is 3.58. The van der Waals surface area contributed by atoms with Crippen molar-refractivity contribution in [3.05, 3.63) is 64.5 Å². The second kappa shape index (κ2) is 8.48. The van der Waals surface area contributed by atoms with E-state index in [1.54, 1.807) is 18.4 Å². The van der Waals surface area contributed by atoms with Crippen molar-refractivity contribution in [3.63, 3.8) is 0 Å². The van der Waals surface area contributed by atoms with Crippen LogP contribution in [-0.4, -0.2) is 24.7 Å². The van der Waals surface area contributed by atoms with E-state index in [4.69, 9.17) is 4.52 Å². The zero-order valence-corrected chi connectivity index (χ0v) is 15.2. The highest BCUT2D eigenvalue weighted by Gasteiger charge is 2.09. The molecule has 6 heteroatoms. The minimum absolute atomic E-state index is 0.432. The lowest BCUT2D eigenvalue weighted by molar-refractivity contribution is 0.422. The summed E-state index contributed by atoms with van der Waals surface area (Å²) in [5.74, 6) is 1.96. The minimum Gasteiger partial charge on any atom is -0.356 e. The number of rotatable bonds is 6. The number of nitrogens with one attached hydrogen (secondary N) is 2. The first-order valence-electron chi connectivity index (χ1n) is 8.24. The molecule has 5 nitrogen and oxygen atoms in total. The van der Waals surface area contributed by atoms with Crippen molar-refractivity contribution in [2.75, 3.05) is 13.6 Å². The van der Waals surface area contributed by atoms with E-state index in [0.29, 0.717) is 12.5 Å². The quantitative estimate of drug-likeness (QED) is 0.521. The highest BCUT2D eigenvalue weighted by atomic mass is 32.1. The fourth-order valence-electron chi connectivity index (χ4n) is 2.45. The van der Waals surface area contributed by atoms with Crippen LogP contribution in [0.1, 0.15) is 24.1 Å². The summed E-state index contributed by atoms with van der Waals surface area (Å²) in [6, 6.07) is 14.1. The third kappa shape index (κ3) is 4.70. The molecule has 0 radical (unpaired) electrons. The predicted molar refractivity (Wildman–Crippen MR) is 103 cm³/mol. The third-order valence-electron chi connectivity index (χ3n) is 3.97. The Morgan fingerprint density at radius 3 is 2.80 bits per heavy atom. The summed E-state index contributed by atoms with van der Waals surface area (Å²) < 4.78 is 5.41. The van der Waals surface area contributed by atoms with Gasteiger partial charge in [0, 0.05) is 25.2 Å². The van der Waals surface area contributed by atoms with Gasteiger partial charge in [-0.05, 0) is 28.3 Å². The molecule has 1 unspecified atom stereocenters. The monoisotopic (exact) mass is 354 g/mol. The Bertz CT molecular complexity index is 796. The zero-order chi connectivity index (χ0) is 17.5. The van der Waals surface area contributed by atoms with Crippen LogP contribution in [0.5, 0.6) is 0 Å². The molecule has 130 valence electrons. The van der Waals surface area contributed by atoms with E-state index in [1.165, 1.54) is 5.56 Å². The molecule has 0 aliphatic heterocycles. The van der Waals surface area contributed by atoms with Gasteiger partial charge in [-0.1, -0.05) is 42.4 Å². The molecule has 2 heterocycles. The fourth-order valence-corrected chi connectivity index (χ4v) is 3.23. The van der Waals surface area contributed by atoms with Crippen molar-refractivity contribution in [2.45, 2.75) is 19.4 Å². The van der Waals surface area contributed by atoms with Gasteiger partial charge in [0.2, 0.25) is 0 Å². The molecule has 25 heavy (non-hydrogen) atoms. The molecule has 3 aromatic rings. The van der Waals surface area contributed by atoms with Crippen LogP contribution in [-0.2, 0) is 6.54 Å². The number of aliphatic imine (C=N–C) groups is 1. The Hall–Kier alpha value is -2.60. The smallest absolute Gasteiger partial charge is 0.191 e. The molecular formula is C19H22N4OS. The number of aromatic nitrogens is 1. The summed E-state index contributed by atoms with van der Waals surface area (Å²) in [4.78, 5) is 4.26. The van der Waals surface area contributed by atoms with Gasteiger partial charge in [-0.2, -0.15) is 11.3 Å². The normalized spacial score (nSPS) is 12.8. The summed E-state index contributed by atoms with van der Waals surface area (Å²) in [7, 11) is 1.77. The standard InChI is InChI=1S/C19H22N4OS/c1-14(16-8-9-25-13-16)11-21-19(20-2)22-12-17-10-18(24-23-17)15-6-4-3-5-7-15/h3-10,13-14H,11-12H2,1-2H3,(H2,20,21,22). The van der Waals surface area contributed by atoms with Crippen LogP contribution in [0.15, 0.2) is 62.7 Å². The van der Waals surface area contributed by atoms with E-state index in [2.05, 4.69) is 44.5 Å². The molecule has 2 aromatic heterocycles. The van der Waals surface area contributed by atoms with Crippen molar-refractivity contribution >= 4 is 17.3 Å². The first kappa shape index (κ1) is 17.2. The van der Waals surface area contributed by atoms with Crippen molar-refractivity contribution in [1.29, 1.82) is 0 Å². The first-order valence-corrected chi connectivity index (χ1v) is 9.18. The molecule has 0 bridgehead atoms. The molecule has 0 aliphatic rings. The number of benzene rings is 1. The van der Waals surface area contributed by atoms with Crippen molar-refractivity contribution in [2.24, 2.45) is 4.99 Å². The van der Waals surface area contributed by atoms with Gasteiger partial charge in [0.1, 0.15) is 5.69 Å². The topological polar surface area (TPSA) is 62.5 Å². The molecule has 1 atom stereocenters. The Balaban J connectivity index is 1.51. The highest BCUT2D eigenvalue weighted by molar-refractivity contribution is 7.07. The van der Waals surface area contributed by atoms with Crippen LogP contribution in [0.25, 0.3) is 11.3 Å². The lowest BCUT2D eigenvalue weighted by Crippen LogP contribution is -2.38. The van der Waals surface area contributed by atoms with Gasteiger partial charge in [-0.15, -0.1) is 0 Å². The van der Waals surface area contributed by atoms with Gasteiger partial charge in [0.05, 0.1) is 6.54 Å². The molecule has 0 spiro atoms. The molecule has 0 saturated carbocycles. The maximum absolute atomic E-state index is 5.41. The van der Waals surface area contributed by atoms with E-state index in [0.717, 1.165) is 29.5 Å². The number of thiophene rings is 1. The summed E-state index contributed by atoms with van der Waals surface area (Å²) in [5.41, 5.74) is 3.21. The Morgan fingerprint density at radius 2 is 2.08 bits per heavy atom. The lowest BCUT2D eigenvalue weighted by Gasteiger charge is -2.14. The average molecular weight is 354 g/mol. The molecule has 0 amide bonds. The number of hydrogen-bond acceptors (Lipinski definition) is 4. The van der Waals surface area contributed by atoms with Crippen molar-refractivity contribution in [1.82, 2.24) is 15.8 Å². The molecule has 0 fully saturated rings. The van der Waals surface area contributed by atoms with Crippen LogP contribution >= 0.6 is 11.3 Å². The fraction of sp³-hybridized carbons (Fsp3) is 0.263. The van der Waals surface area contributed by atoms with Crippen molar-refractivity contribution in [3.8, 4) is 11.3 Å². The second-order valence-corrected chi connectivity index (χ2v) is 6.59. The van der Waals surface area contributed by atoms with Crippen LogP contribution < -0.4 is 10.6 Å². The van der Waals surface area contributed by atoms with Gasteiger partial charge >= 0.3 is 0 Å². The van der Waals surface area contributed by atoms with Gasteiger partial charge in [0.25, 0.3) is 0 Å². The molecule has 1 aromatic carbocycles. The minimum atomic E-state index is 0.432. The summed E-state index contributed by atoms with van der Waals surface area (Å²) in [6.07, 6.45) is 0. The Kier molecular flexibility index (Phi) is 5.85. The number of guanidine groups is 1. The Morgan fingerprint density at radius 1 is 1.24 bits per heavy atom. The van der Waals surface area contributed by atoms with E-state index in [1.807, 2.05) is 36.4 Å². The van der Waals surface area contributed by atoms with E-state index in [-0.39, 0.29) is 0 Å².